The van der Waals surface area contributed by atoms with Crippen LogP contribution in [-0.4, -0.2) is 11.9 Å². The fourth-order valence-electron chi connectivity index (χ4n) is 2.13. The Morgan fingerprint density at radius 2 is 1.65 bits per heavy atom. The van der Waals surface area contributed by atoms with Crippen molar-refractivity contribution in [3.63, 3.8) is 0 Å². The molecule has 2 aromatic rings. The molecule has 0 bridgehead atoms. The van der Waals surface area contributed by atoms with Crippen LogP contribution in [0.25, 0.3) is 0 Å². The van der Waals surface area contributed by atoms with Crippen molar-refractivity contribution in [2.75, 3.05) is 5.32 Å². The minimum atomic E-state index is -0.397. The minimum Gasteiger partial charge on any atom is -0.427 e. The maximum absolute atomic E-state index is 12.3. The summed E-state index contributed by atoms with van der Waals surface area (Å²) in [5.74, 6) is -0.199. The third-order valence-corrected chi connectivity index (χ3v) is 3.37. The van der Waals surface area contributed by atoms with Crippen molar-refractivity contribution in [2.24, 2.45) is 0 Å². The molecule has 0 saturated heterocycles. The quantitative estimate of drug-likeness (QED) is 0.684. The fourth-order valence-corrected chi connectivity index (χ4v) is 2.13. The smallest absolute Gasteiger partial charge is 0.308 e. The van der Waals surface area contributed by atoms with Crippen molar-refractivity contribution in [3.8, 4) is 5.75 Å². The predicted molar refractivity (Wildman–Crippen MR) is 90.8 cm³/mol. The van der Waals surface area contributed by atoms with E-state index in [1.807, 2.05) is 24.3 Å². The lowest BCUT2D eigenvalue weighted by molar-refractivity contribution is -0.131. The summed E-state index contributed by atoms with van der Waals surface area (Å²) >= 11 is 0. The molecule has 0 aliphatic carbocycles. The number of carbonyl (C=O) groups is 2. The standard InChI is InChI=1S/C19H21NO3/c1-13(21)23-17-7-5-6-16(12-17)20-18(22)14-8-10-15(11-9-14)19(2,3)4/h5-12H,1-4H3,(H,20,22). The number of esters is 1. The van der Waals surface area contributed by atoms with E-state index >= 15 is 0 Å². The number of hydrogen-bond donors (Lipinski definition) is 1. The van der Waals surface area contributed by atoms with Gasteiger partial charge < -0.3 is 10.1 Å². The van der Waals surface area contributed by atoms with Crippen LogP contribution in [0.5, 0.6) is 5.75 Å². The normalized spacial score (nSPS) is 11.0. The predicted octanol–water partition coefficient (Wildman–Crippen LogP) is 4.16. The summed E-state index contributed by atoms with van der Waals surface area (Å²) in [7, 11) is 0. The van der Waals surface area contributed by atoms with E-state index in [2.05, 4.69) is 26.1 Å². The first-order valence-electron chi connectivity index (χ1n) is 7.46. The number of benzene rings is 2. The Balaban J connectivity index is 2.11. The number of carbonyl (C=O) groups excluding carboxylic acids is 2. The Kier molecular flexibility index (Phi) is 4.84. The molecule has 120 valence electrons. The summed E-state index contributed by atoms with van der Waals surface area (Å²) in [6.07, 6.45) is 0. The molecule has 0 aromatic heterocycles. The summed E-state index contributed by atoms with van der Waals surface area (Å²) < 4.78 is 5.01. The van der Waals surface area contributed by atoms with Crippen molar-refractivity contribution in [2.45, 2.75) is 33.1 Å². The largest absolute Gasteiger partial charge is 0.427 e. The lowest BCUT2D eigenvalue weighted by Crippen LogP contribution is -2.14. The average Bonchev–Trinajstić information content (AvgIpc) is 2.46. The van der Waals surface area contributed by atoms with Gasteiger partial charge in [-0.1, -0.05) is 39.0 Å². The molecular weight excluding hydrogens is 290 g/mol. The Hall–Kier alpha value is -2.62. The van der Waals surface area contributed by atoms with Crippen LogP contribution < -0.4 is 10.1 Å². The molecular formula is C19H21NO3. The number of anilines is 1. The Morgan fingerprint density at radius 3 is 2.22 bits per heavy atom. The SMILES string of the molecule is CC(=O)Oc1cccc(NC(=O)c2ccc(C(C)(C)C)cc2)c1. The van der Waals surface area contributed by atoms with Crippen LogP contribution in [0.4, 0.5) is 5.69 Å². The molecule has 2 aromatic carbocycles. The zero-order valence-corrected chi connectivity index (χ0v) is 13.8. The summed E-state index contributed by atoms with van der Waals surface area (Å²) in [5.41, 5.74) is 2.38. The molecule has 0 saturated carbocycles. The molecule has 2 rings (SSSR count). The molecule has 1 N–H and O–H groups in total. The third-order valence-electron chi connectivity index (χ3n) is 3.37. The highest BCUT2D eigenvalue weighted by Crippen LogP contribution is 2.23. The zero-order chi connectivity index (χ0) is 17.0. The Morgan fingerprint density at radius 1 is 1.00 bits per heavy atom. The van der Waals surface area contributed by atoms with E-state index in [4.69, 9.17) is 4.74 Å². The van der Waals surface area contributed by atoms with Gasteiger partial charge in [0, 0.05) is 24.2 Å². The first-order valence-corrected chi connectivity index (χ1v) is 7.46. The van der Waals surface area contributed by atoms with Crippen molar-refractivity contribution in [1.29, 1.82) is 0 Å². The van der Waals surface area contributed by atoms with E-state index in [1.165, 1.54) is 12.5 Å². The molecule has 0 radical (unpaired) electrons. The summed E-state index contributed by atoms with van der Waals surface area (Å²) in [6.45, 7) is 7.72. The molecule has 1 amide bonds. The number of ether oxygens (including phenoxy) is 1. The van der Waals surface area contributed by atoms with Gasteiger partial charge in [0.2, 0.25) is 0 Å². The monoisotopic (exact) mass is 311 g/mol. The Bertz CT molecular complexity index is 712. The van der Waals surface area contributed by atoms with Crippen LogP contribution in [0.3, 0.4) is 0 Å². The van der Waals surface area contributed by atoms with Crippen molar-refractivity contribution >= 4 is 17.6 Å². The van der Waals surface area contributed by atoms with Gasteiger partial charge in [0.1, 0.15) is 5.75 Å². The van der Waals surface area contributed by atoms with Gasteiger partial charge in [0.05, 0.1) is 0 Å². The van der Waals surface area contributed by atoms with Crippen LogP contribution in [0, 0.1) is 0 Å². The number of hydrogen-bond acceptors (Lipinski definition) is 3. The molecule has 0 spiro atoms. The van der Waals surface area contributed by atoms with Gasteiger partial charge >= 0.3 is 5.97 Å². The van der Waals surface area contributed by atoms with E-state index < -0.39 is 5.97 Å². The highest BCUT2D eigenvalue weighted by atomic mass is 16.5. The van der Waals surface area contributed by atoms with Crippen molar-refractivity contribution in [1.82, 2.24) is 0 Å². The van der Waals surface area contributed by atoms with Crippen LogP contribution >= 0.6 is 0 Å². The number of rotatable bonds is 3. The lowest BCUT2D eigenvalue weighted by Gasteiger charge is -2.19. The second kappa shape index (κ2) is 6.65. The molecule has 0 heterocycles. The van der Waals surface area contributed by atoms with Crippen LogP contribution in [0.2, 0.25) is 0 Å². The van der Waals surface area contributed by atoms with Crippen molar-refractivity contribution in [3.05, 3.63) is 59.7 Å². The zero-order valence-electron chi connectivity index (χ0n) is 13.8. The first kappa shape index (κ1) is 16.7. The van der Waals surface area contributed by atoms with Crippen LogP contribution in [-0.2, 0) is 10.2 Å². The molecule has 0 aliphatic heterocycles. The second-order valence-corrected chi connectivity index (χ2v) is 6.40. The fraction of sp³-hybridized carbons (Fsp3) is 0.263. The van der Waals surface area contributed by atoms with Gasteiger partial charge in [0.15, 0.2) is 0 Å². The highest BCUT2D eigenvalue weighted by molar-refractivity contribution is 6.04. The molecule has 23 heavy (non-hydrogen) atoms. The molecule has 4 heteroatoms. The van der Waals surface area contributed by atoms with Gasteiger partial charge in [-0.2, -0.15) is 0 Å². The minimum absolute atomic E-state index is 0.0490. The topological polar surface area (TPSA) is 55.4 Å². The van der Waals surface area contributed by atoms with E-state index in [9.17, 15) is 9.59 Å². The summed E-state index contributed by atoms with van der Waals surface area (Å²) in [5, 5.41) is 2.80. The van der Waals surface area contributed by atoms with Gasteiger partial charge in [-0.15, -0.1) is 0 Å². The molecule has 0 fully saturated rings. The third kappa shape index (κ3) is 4.68. The first-order chi connectivity index (χ1) is 10.8. The molecule has 0 atom stereocenters. The number of amides is 1. The van der Waals surface area contributed by atoms with Crippen LogP contribution in [0.1, 0.15) is 43.6 Å². The molecule has 0 aliphatic rings. The second-order valence-electron chi connectivity index (χ2n) is 6.40. The molecule has 0 unspecified atom stereocenters. The maximum atomic E-state index is 12.3. The highest BCUT2D eigenvalue weighted by Gasteiger charge is 2.14. The van der Waals surface area contributed by atoms with Crippen LogP contribution in [0.15, 0.2) is 48.5 Å². The average molecular weight is 311 g/mol. The summed E-state index contributed by atoms with van der Waals surface area (Å²) in [4.78, 5) is 23.3. The van der Waals surface area contributed by atoms with Gasteiger partial charge in [0.25, 0.3) is 5.91 Å². The van der Waals surface area contributed by atoms with Gasteiger partial charge in [-0.05, 0) is 35.2 Å². The lowest BCUT2D eigenvalue weighted by atomic mass is 9.87. The number of nitrogens with one attached hydrogen (secondary N) is 1. The van der Waals surface area contributed by atoms with Gasteiger partial charge in [-0.25, -0.2) is 0 Å². The summed E-state index contributed by atoms with van der Waals surface area (Å²) in [6, 6.07) is 14.3. The van der Waals surface area contributed by atoms with E-state index in [-0.39, 0.29) is 11.3 Å². The maximum Gasteiger partial charge on any atom is 0.308 e. The van der Waals surface area contributed by atoms with E-state index in [0.29, 0.717) is 17.0 Å². The van der Waals surface area contributed by atoms with Gasteiger partial charge in [-0.3, -0.25) is 9.59 Å². The van der Waals surface area contributed by atoms with Crippen molar-refractivity contribution < 1.29 is 14.3 Å². The van der Waals surface area contributed by atoms with E-state index in [1.54, 1.807) is 24.3 Å². The Labute approximate surface area is 136 Å². The molecule has 4 nitrogen and oxygen atoms in total. The van der Waals surface area contributed by atoms with E-state index in [0.717, 1.165) is 0 Å².